The van der Waals surface area contributed by atoms with Gasteiger partial charge in [-0.3, -0.25) is 0 Å². The van der Waals surface area contributed by atoms with Crippen molar-refractivity contribution in [2.75, 3.05) is 0 Å². The maximum absolute atomic E-state index is 6.11. The molecule has 2 nitrogen and oxygen atoms in total. The second-order valence-corrected chi connectivity index (χ2v) is 11.7. The van der Waals surface area contributed by atoms with Crippen molar-refractivity contribution in [3.05, 3.63) is 47.9 Å². The molecule has 0 heterocycles. The van der Waals surface area contributed by atoms with Gasteiger partial charge in [-0.1, -0.05) is 0 Å². The van der Waals surface area contributed by atoms with Gasteiger partial charge in [-0.15, -0.1) is 0 Å². The summed E-state index contributed by atoms with van der Waals surface area (Å²) in [6.07, 6.45) is 0. The van der Waals surface area contributed by atoms with Crippen molar-refractivity contribution in [2.24, 2.45) is 0 Å². The van der Waals surface area contributed by atoms with E-state index in [1.165, 1.54) is 0 Å². The third-order valence-corrected chi connectivity index (χ3v) is 12.1. The van der Waals surface area contributed by atoms with Gasteiger partial charge >= 0.3 is 0 Å². The highest BCUT2D eigenvalue weighted by molar-refractivity contribution is 9.15. The van der Waals surface area contributed by atoms with E-state index in [9.17, 15) is 0 Å². The molecule has 0 aliphatic rings. The number of hydrogen-bond donors (Lipinski definition) is 0. The molecule has 2 aromatic rings. The monoisotopic (exact) mass is 851 g/mol. The smallest absolute Gasteiger partial charge is 0.245 e. The highest BCUT2D eigenvalue weighted by atomic mass is 79.9. The molecule has 10 heteroatoms. The quantitative estimate of drug-likeness (QED) is 0.173. The molecule has 0 unspecified atom stereocenters. The number of hydrogen-bond acceptors (Lipinski definition) is 2. The van der Waals surface area contributed by atoms with Crippen LogP contribution in [-0.4, -0.2) is 5.79 Å². The normalized spacial score (nSPS) is 11.6. The average molecular weight is 859 g/mol. The molecule has 0 amide bonds. The Morgan fingerprint density at radius 2 is 0.880 bits per heavy atom. The summed E-state index contributed by atoms with van der Waals surface area (Å²) in [5, 5.41) is 0. The third-order valence-electron chi connectivity index (χ3n) is 2.85. The molecule has 0 saturated heterocycles. The van der Waals surface area contributed by atoms with E-state index in [4.69, 9.17) is 9.47 Å². The summed E-state index contributed by atoms with van der Waals surface area (Å²) in [7, 11) is 0. The summed E-state index contributed by atoms with van der Waals surface area (Å²) >= 11 is 28.1. The van der Waals surface area contributed by atoms with Crippen molar-refractivity contribution in [3.8, 4) is 11.5 Å². The van der Waals surface area contributed by atoms with E-state index in [1.54, 1.807) is 0 Å². The van der Waals surface area contributed by atoms with E-state index in [-0.39, 0.29) is 0 Å². The van der Waals surface area contributed by atoms with Gasteiger partial charge < -0.3 is 9.47 Å². The van der Waals surface area contributed by atoms with E-state index >= 15 is 0 Å². The van der Waals surface area contributed by atoms with Gasteiger partial charge in [0.2, 0.25) is 5.79 Å². The number of ether oxygens (including phenoxy) is 2. The summed E-state index contributed by atoms with van der Waals surface area (Å²) in [6.45, 7) is 3.69. The lowest BCUT2D eigenvalue weighted by molar-refractivity contribution is -0.0820. The Morgan fingerprint density at radius 3 is 1.20 bits per heavy atom. The molecular formula is C15H8Br8O2. The molecule has 136 valence electrons. The Hall–Kier alpha value is 1.88. The van der Waals surface area contributed by atoms with E-state index in [1.807, 2.05) is 26.0 Å². The maximum Gasteiger partial charge on any atom is 0.245 e. The molecule has 0 bridgehead atoms. The molecule has 0 radical (unpaired) electrons. The fourth-order valence-electron chi connectivity index (χ4n) is 1.80. The van der Waals surface area contributed by atoms with Gasteiger partial charge in [0.1, 0.15) is 11.5 Å². The third kappa shape index (κ3) is 5.48. The largest absolute Gasteiger partial charge is 0.452 e. The van der Waals surface area contributed by atoms with Crippen molar-refractivity contribution in [1.29, 1.82) is 0 Å². The van der Waals surface area contributed by atoms with Gasteiger partial charge in [0, 0.05) is 31.7 Å². The second kappa shape index (κ2) is 9.13. The van der Waals surface area contributed by atoms with Crippen LogP contribution < -0.4 is 9.47 Å². The van der Waals surface area contributed by atoms with Gasteiger partial charge in [-0.25, -0.2) is 0 Å². The lowest BCUT2D eigenvalue weighted by Gasteiger charge is -2.29. The zero-order valence-electron chi connectivity index (χ0n) is 12.5. The van der Waals surface area contributed by atoms with Crippen molar-refractivity contribution in [1.82, 2.24) is 0 Å². The molecule has 0 saturated carbocycles. The van der Waals surface area contributed by atoms with Crippen molar-refractivity contribution < 1.29 is 9.47 Å². The van der Waals surface area contributed by atoms with E-state index in [0.29, 0.717) is 11.5 Å². The van der Waals surface area contributed by atoms with E-state index < -0.39 is 5.79 Å². The second-order valence-electron chi connectivity index (χ2n) is 5.20. The zero-order chi connectivity index (χ0) is 19.1. The van der Waals surface area contributed by atoms with Crippen LogP contribution in [0.25, 0.3) is 0 Å². The minimum Gasteiger partial charge on any atom is -0.452 e. The Balaban J connectivity index is 2.36. The summed E-state index contributed by atoms with van der Waals surface area (Å²) < 4.78 is 19.0. The predicted molar refractivity (Wildman–Crippen MR) is 130 cm³/mol. The van der Waals surface area contributed by atoms with Crippen molar-refractivity contribution in [3.63, 3.8) is 0 Å². The standard InChI is InChI=1S/C15H8Br8O2/c1-15(2,24-7-3-5(16)9(18)13(22)11(7)20)25-8-4-6(17)10(19)14(23)12(8)21/h3-4H,1-2H3. The molecule has 0 aliphatic carbocycles. The molecule has 0 aliphatic heterocycles. The van der Waals surface area contributed by atoms with Crippen molar-refractivity contribution >= 4 is 127 Å². The first-order chi connectivity index (χ1) is 11.4. The molecule has 2 aromatic carbocycles. The molecule has 0 fully saturated rings. The fraction of sp³-hybridized carbons (Fsp3) is 0.200. The minimum absolute atomic E-state index is 0.637. The highest BCUT2D eigenvalue weighted by Gasteiger charge is 2.27. The number of halogens is 8. The molecule has 0 atom stereocenters. The topological polar surface area (TPSA) is 18.5 Å². The molecule has 0 N–H and O–H groups in total. The molecule has 2 rings (SSSR count). The van der Waals surface area contributed by atoms with Crippen LogP contribution in [-0.2, 0) is 0 Å². The summed E-state index contributed by atoms with van der Waals surface area (Å²) in [5.41, 5.74) is 0. The Morgan fingerprint density at radius 1 is 0.560 bits per heavy atom. The summed E-state index contributed by atoms with van der Waals surface area (Å²) in [5.74, 6) is 0.349. The number of rotatable bonds is 4. The highest BCUT2D eigenvalue weighted by Crippen LogP contribution is 2.46. The minimum atomic E-state index is -0.926. The Labute approximate surface area is 213 Å². The summed E-state index contributed by atoms with van der Waals surface area (Å²) in [6, 6.07) is 3.74. The Kier molecular flexibility index (Phi) is 8.46. The van der Waals surface area contributed by atoms with E-state index in [2.05, 4.69) is 127 Å². The zero-order valence-corrected chi connectivity index (χ0v) is 25.2. The van der Waals surface area contributed by atoms with Crippen LogP contribution in [0.1, 0.15) is 13.8 Å². The fourth-order valence-corrected chi connectivity index (χ4v) is 5.91. The van der Waals surface area contributed by atoms with Crippen LogP contribution in [0.3, 0.4) is 0 Å². The van der Waals surface area contributed by atoms with Crippen LogP contribution in [0.2, 0.25) is 0 Å². The average Bonchev–Trinajstić information content (AvgIpc) is 2.53. The molecule has 0 aromatic heterocycles. The first kappa shape index (κ1) is 23.2. The van der Waals surface area contributed by atoms with Crippen LogP contribution in [0.5, 0.6) is 11.5 Å². The lowest BCUT2D eigenvalue weighted by Crippen LogP contribution is -2.35. The molecule has 0 spiro atoms. The lowest BCUT2D eigenvalue weighted by atomic mass is 10.3. The van der Waals surface area contributed by atoms with Gasteiger partial charge in [-0.2, -0.15) is 0 Å². The molecular weight excluding hydrogens is 851 g/mol. The summed E-state index contributed by atoms with van der Waals surface area (Å²) in [4.78, 5) is 0. The first-order valence-electron chi connectivity index (χ1n) is 6.48. The van der Waals surface area contributed by atoms with Crippen LogP contribution in [0.4, 0.5) is 0 Å². The van der Waals surface area contributed by atoms with Gasteiger partial charge in [0.15, 0.2) is 0 Å². The molecule has 25 heavy (non-hydrogen) atoms. The number of benzene rings is 2. The van der Waals surface area contributed by atoms with Gasteiger partial charge in [-0.05, 0) is 140 Å². The first-order valence-corrected chi connectivity index (χ1v) is 12.8. The van der Waals surface area contributed by atoms with Crippen molar-refractivity contribution in [2.45, 2.75) is 19.6 Å². The predicted octanol–water partition coefficient (Wildman–Crippen LogP) is 9.98. The maximum atomic E-state index is 6.11. The van der Waals surface area contributed by atoms with Crippen LogP contribution in [0.15, 0.2) is 47.9 Å². The van der Waals surface area contributed by atoms with Gasteiger partial charge in [0.05, 0.1) is 17.9 Å². The SMILES string of the molecule is CC(C)(Oc1cc(Br)c(Br)c(Br)c1Br)Oc1cc(Br)c(Br)c(Br)c1Br. The Bertz CT molecular complexity index is 768. The van der Waals surface area contributed by atoms with Crippen LogP contribution >= 0.6 is 127 Å². The van der Waals surface area contributed by atoms with Gasteiger partial charge in [0.25, 0.3) is 0 Å². The van der Waals surface area contributed by atoms with E-state index in [0.717, 1.165) is 35.8 Å². The van der Waals surface area contributed by atoms with Crippen LogP contribution in [0, 0.1) is 0 Å².